The summed E-state index contributed by atoms with van der Waals surface area (Å²) < 4.78 is 33.4. The van der Waals surface area contributed by atoms with Gasteiger partial charge < -0.3 is 28.8 Å². The normalized spacial score (nSPS) is 21.2. The average molecular weight is 617 g/mol. The van der Waals surface area contributed by atoms with Crippen LogP contribution in [0.4, 0.5) is 0 Å². The van der Waals surface area contributed by atoms with Crippen molar-refractivity contribution in [2.24, 2.45) is 0 Å². The zero-order chi connectivity index (χ0) is 31.4. The molecule has 0 aromatic heterocycles. The quantitative estimate of drug-likeness (QED) is 0.137. The molecule has 1 N–H and O–H groups in total. The number of hydrogen-bond acceptors (Lipinski definition) is 6. The zero-order valence-electron chi connectivity index (χ0n) is 25.8. The molecule has 5 aromatic rings. The van der Waals surface area contributed by atoms with Crippen molar-refractivity contribution < 1.29 is 28.8 Å². The summed E-state index contributed by atoms with van der Waals surface area (Å²) in [6.07, 6.45) is -2.52. The summed E-state index contributed by atoms with van der Waals surface area (Å²) in [5.74, 6) is 0.185. The number of ether oxygens (including phenoxy) is 5. The van der Waals surface area contributed by atoms with Crippen LogP contribution < -0.4 is 0 Å². The van der Waals surface area contributed by atoms with Crippen molar-refractivity contribution in [1.29, 1.82) is 0 Å². The summed E-state index contributed by atoms with van der Waals surface area (Å²) in [6.45, 7) is 1.86. The smallest absolute Gasteiger partial charge is 0.117 e. The van der Waals surface area contributed by atoms with Gasteiger partial charge in [-0.25, -0.2) is 0 Å². The minimum Gasteiger partial charge on any atom is -0.508 e. The Morgan fingerprint density at radius 2 is 0.870 bits per heavy atom. The lowest BCUT2D eigenvalue weighted by Gasteiger charge is -2.46. The lowest BCUT2D eigenvalue weighted by molar-refractivity contribution is -0.275. The SMILES string of the molecule is Oc1ccc([C@@H]2OC(COCc3ccccc3)[C@@H](OCc3ccccc3)C(OCc3ccccc3)C2OCc2ccccc2)cc1. The van der Waals surface area contributed by atoms with Gasteiger partial charge in [-0.3, -0.25) is 0 Å². The Labute approximate surface area is 271 Å². The van der Waals surface area contributed by atoms with E-state index in [2.05, 4.69) is 12.1 Å². The molecule has 1 aliphatic heterocycles. The van der Waals surface area contributed by atoms with Crippen LogP contribution in [0, 0.1) is 0 Å². The minimum absolute atomic E-state index is 0.185. The van der Waals surface area contributed by atoms with E-state index in [4.69, 9.17) is 23.7 Å². The molecule has 0 spiro atoms. The van der Waals surface area contributed by atoms with E-state index in [9.17, 15) is 5.11 Å². The van der Waals surface area contributed by atoms with E-state index in [0.29, 0.717) is 33.0 Å². The number of phenols is 1. The number of phenolic OH excluding ortho intramolecular Hbond substituents is 1. The van der Waals surface area contributed by atoms with Crippen LogP contribution in [0.1, 0.15) is 33.9 Å². The predicted molar refractivity (Wildman–Crippen MR) is 177 cm³/mol. The molecular formula is C40H40O6. The van der Waals surface area contributed by atoms with E-state index < -0.39 is 30.5 Å². The lowest BCUT2D eigenvalue weighted by atomic mass is 9.90. The molecule has 1 aliphatic rings. The highest BCUT2D eigenvalue weighted by molar-refractivity contribution is 5.29. The molecule has 1 heterocycles. The first-order valence-electron chi connectivity index (χ1n) is 15.8. The molecule has 0 bridgehead atoms. The first-order valence-corrected chi connectivity index (χ1v) is 15.8. The Kier molecular flexibility index (Phi) is 11.2. The van der Waals surface area contributed by atoms with Crippen LogP contribution in [0.3, 0.4) is 0 Å². The maximum absolute atomic E-state index is 10.1. The Bertz CT molecular complexity index is 1560. The average Bonchev–Trinajstić information content (AvgIpc) is 3.11. The molecular weight excluding hydrogens is 576 g/mol. The molecule has 3 unspecified atom stereocenters. The highest BCUT2D eigenvalue weighted by atomic mass is 16.6. The maximum Gasteiger partial charge on any atom is 0.117 e. The highest BCUT2D eigenvalue weighted by Crippen LogP contribution is 2.39. The molecule has 5 aromatic carbocycles. The van der Waals surface area contributed by atoms with E-state index in [1.807, 2.05) is 121 Å². The van der Waals surface area contributed by atoms with Gasteiger partial charge in [0.2, 0.25) is 0 Å². The summed E-state index contributed by atoms with van der Waals surface area (Å²) in [6, 6.07) is 47.5. The predicted octanol–water partition coefficient (Wildman–Crippen LogP) is 7.81. The number of rotatable bonds is 14. The molecule has 5 atom stereocenters. The second-order valence-electron chi connectivity index (χ2n) is 11.5. The van der Waals surface area contributed by atoms with Gasteiger partial charge in [-0.1, -0.05) is 133 Å². The molecule has 0 radical (unpaired) electrons. The lowest BCUT2D eigenvalue weighted by Crippen LogP contribution is -2.58. The molecule has 46 heavy (non-hydrogen) atoms. The van der Waals surface area contributed by atoms with Crippen LogP contribution in [0.2, 0.25) is 0 Å². The van der Waals surface area contributed by atoms with Crippen LogP contribution >= 0.6 is 0 Å². The second-order valence-corrected chi connectivity index (χ2v) is 11.5. The largest absolute Gasteiger partial charge is 0.508 e. The zero-order valence-corrected chi connectivity index (χ0v) is 25.8. The van der Waals surface area contributed by atoms with Crippen molar-refractivity contribution in [3.8, 4) is 5.75 Å². The fourth-order valence-corrected chi connectivity index (χ4v) is 5.72. The van der Waals surface area contributed by atoms with Crippen molar-refractivity contribution in [3.63, 3.8) is 0 Å². The monoisotopic (exact) mass is 616 g/mol. The molecule has 6 rings (SSSR count). The number of benzene rings is 5. The Hall–Kier alpha value is -4.30. The summed E-state index contributed by atoms with van der Waals surface area (Å²) in [5.41, 5.74) is 5.10. The molecule has 1 fully saturated rings. The van der Waals surface area contributed by atoms with Gasteiger partial charge in [-0.05, 0) is 39.9 Å². The van der Waals surface area contributed by atoms with E-state index in [0.717, 1.165) is 27.8 Å². The standard InChI is InChI=1S/C40H40O6/c41-35-23-21-34(22-24-35)37-39(44-27-32-17-9-3-10-18-32)40(45-28-33-19-11-4-12-20-33)38(43-26-31-15-7-2-8-16-31)36(46-37)29-42-25-30-13-5-1-6-14-30/h1-24,36-41H,25-29H2/t36?,37-,38+,39?,40?/m0/s1. The molecule has 0 saturated carbocycles. The summed E-state index contributed by atoms with van der Waals surface area (Å²) in [5, 5.41) is 10.1. The van der Waals surface area contributed by atoms with Crippen LogP contribution in [0.15, 0.2) is 146 Å². The third kappa shape index (κ3) is 8.69. The maximum atomic E-state index is 10.1. The van der Waals surface area contributed by atoms with Crippen LogP contribution in [0.5, 0.6) is 5.75 Å². The third-order valence-electron chi connectivity index (χ3n) is 8.10. The number of aromatic hydroxyl groups is 1. The minimum atomic E-state index is -0.528. The molecule has 6 nitrogen and oxygen atoms in total. The van der Waals surface area contributed by atoms with Gasteiger partial charge in [-0.15, -0.1) is 0 Å². The molecule has 0 amide bonds. The Morgan fingerprint density at radius 1 is 0.457 bits per heavy atom. The Balaban J connectivity index is 1.33. The van der Waals surface area contributed by atoms with Crippen molar-refractivity contribution >= 4 is 0 Å². The fraction of sp³-hybridized carbons (Fsp3) is 0.250. The van der Waals surface area contributed by atoms with E-state index >= 15 is 0 Å². The van der Waals surface area contributed by atoms with Gasteiger partial charge in [0.15, 0.2) is 0 Å². The molecule has 1 saturated heterocycles. The Morgan fingerprint density at radius 3 is 1.35 bits per heavy atom. The highest BCUT2D eigenvalue weighted by Gasteiger charge is 2.49. The van der Waals surface area contributed by atoms with Gasteiger partial charge in [0.05, 0.1) is 33.0 Å². The summed E-state index contributed by atoms with van der Waals surface area (Å²) in [7, 11) is 0. The van der Waals surface area contributed by atoms with Crippen LogP contribution in [0.25, 0.3) is 0 Å². The summed E-state index contributed by atoms with van der Waals surface area (Å²) >= 11 is 0. The van der Waals surface area contributed by atoms with E-state index in [1.54, 1.807) is 12.1 Å². The van der Waals surface area contributed by atoms with Crippen molar-refractivity contribution in [3.05, 3.63) is 173 Å². The fourth-order valence-electron chi connectivity index (χ4n) is 5.72. The molecule has 6 heteroatoms. The van der Waals surface area contributed by atoms with Crippen LogP contribution in [-0.2, 0) is 50.1 Å². The van der Waals surface area contributed by atoms with Gasteiger partial charge in [0.25, 0.3) is 0 Å². The van der Waals surface area contributed by atoms with Gasteiger partial charge in [0, 0.05) is 0 Å². The first-order chi connectivity index (χ1) is 22.7. The third-order valence-corrected chi connectivity index (χ3v) is 8.10. The topological polar surface area (TPSA) is 66.4 Å². The van der Waals surface area contributed by atoms with Crippen molar-refractivity contribution in [1.82, 2.24) is 0 Å². The van der Waals surface area contributed by atoms with Crippen molar-refractivity contribution in [2.45, 2.75) is 56.9 Å². The van der Waals surface area contributed by atoms with Gasteiger partial charge >= 0.3 is 0 Å². The van der Waals surface area contributed by atoms with Gasteiger partial charge in [0.1, 0.15) is 36.3 Å². The van der Waals surface area contributed by atoms with Gasteiger partial charge in [-0.2, -0.15) is 0 Å². The molecule has 236 valence electrons. The van der Waals surface area contributed by atoms with Crippen LogP contribution in [-0.4, -0.2) is 36.1 Å². The summed E-state index contributed by atoms with van der Waals surface area (Å²) in [4.78, 5) is 0. The second kappa shape index (κ2) is 16.3. The van der Waals surface area contributed by atoms with Crippen molar-refractivity contribution in [2.75, 3.05) is 6.61 Å². The first kappa shape index (κ1) is 31.7. The van der Waals surface area contributed by atoms with E-state index in [-0.39, 0.29) is 5.75 Å². The van der Waals surface area contributed by atoms with E-state index in [1.165, 1.54) is 0 Å². The molecule has 0 aliphatic carbocycles. The number of hydrogen-bond donors (Lipinski definition) is 1.